The van der Waals surface area contributed by atoms with E-state index in [1.165, 1.54) is 199 Å². The fraction of sp³-hybridized carbons (Fsp3) is 0.923. The molecule has 0 aromatic carbocycles. The van der Waals surface area contributed by atoms with Crippen LogP contribution in [-0.2, 0) is 14.3 Å². The highest BCUT2D eigenvalue weighted by molar-refractivity contribution is 5.76. The predicted octanol–water partition coefficient (Wildman–Crippen LogP) is 15.3. The van der Waals surface area contributed by atoms with Crippen molar-refractivity contribution in [2.45, 2.75) is 296 Å². The van der Waals surface area contributed by atoms with E-state index in [1.807, 2.05) is 6.08 Å². The lowest BCUT2D eigenvalue weighted by atomic mass is 10.0. The average molecular weight is 820 g/mol. The van der Waals surface area contributed by atoms with Gasteiger partial charge in [0.15, 0.2) is 0 Å². The van der Waals surface area contributed by atoms with Crippen LogP contribution < -0.4 is 5.32 Å². The molecule has 0 aromatic heterocycles. The van der Waals surface area contributed by atoms with Crippen molar-refractivity contribution in [2.75, 3.05) is 13.2 Å². The molecule has 0 aromatic rings. The Bertz CT molecular complexity index is 863. The molecular weight excluding hydrogens is 719 g/mol. The first-order valence-electron chi connectivity index (χ1n) is 26.0. The van der Waals surface area contributed by atoms with E-state index in [0.717, 1.165) is 57.8 Å². The number of hydrogen-bond acceptors (Lipinski definition) is 5. The molecule has 6 nitrogen and oxygen atoms in total. The van der Waals surface area contributed by atoms with Gasteiger partial charge in [-0.3, -0.25) is 9.59 Å². The zero-order valence-corrected chi connectivity index (χ0v) is 39.0. The Kier molecular flexibility index (Phi) is 47.1. The van der Waals surface area contributed by atoms with E-state index in [9.17, 15) is 19.8 Å². The highest BCUT2D eigenvalue weighted by Gasteiger charge is 2.18. The van der Waals surface area contributed by atoms with Gasteiger partial charge in [0.05, 0.1) is 25.4 Å². The summed E-state index contributed by atoms with van der Waals surface area (Å²) in [6, 6.07) is -0.634. The van der Waals surface area contributed by atoms with Gasteiger partial charge in [-0.05, 0) is 32.1 Å². The lowest BCUT2D eigenvalue weighted by Crippen LogP contribution is -2.45. The van der Waals surface area contributed by atoms with Crippen LogP contribution in [0, 0.1) is 0 Å². The smallest absolute Gasteiger partial charge is 0.305 e. The minimum Gasteiger partial charge on any atom is -0.466 e. The molecule has 2 atom stereocenters. The van der Waals surface area contributed by atoms with E-state index in [1.54, 1.807) is 6.08 Å². The maximum Gasteiger partial charge on any atom is 0.305 e. The van der Waals surface area contributed by atoms with E-state index in [0.29, 0.717) is 19.4 Å². The number of ether oxygens (including phenoxy) is 1. The minimum atomic E-state index is -0.849. The van der Waals surface area contributed by atoms with Gasteiger partial charge in [0.1, 0.15) is 0 Å². The van der Waals surface area contributed by atoms with Gasteiger partial charge < -0.3 is 20.3 Å². The molecular formula is C52H101NO5. The predicted molar refractivity (Wildman–Crippen MR) is 250 cm³/mol. The molecule has 0 aliphatic carbocycles. The van der Waals surface area contributed by atoms with E-state index < -0.39 is 12.1 Å². The molecule has 0 spiro atoms. The fourth-order valence-electron chi connectivity index (χ4n) is 8.05. The molecule has 2 unspecified atom stereocenters. The van der Waals surface area contributed by atoms with Crippen molar-refractivity contribution in [3.63, 3.8) is 0 Å². The third kappa shape index (κ3) is 44.2. The van der Waals surface area contributed by atoms with Crippen molar-refractivity contribution in [3.05, 3.63) is 12.2 Å². The van der Waals surface area contributed by atoms with Gasteiger partial charge in [-0.25, -0.2) is 0 Å². The van der Waals surface area contributed by atoms with E-state index in [-0.39, 0.29) is 18.5 Å². The lowest BCUT2D eigenvalue weighted by molar-refractivity contribution is -0.143. The molecule has 344 valence electrons. The summed E-state index contributed by atoms with van der Waals surface area (Å²) in [6.45, 7) is 4.86. The molecule has 58 heavy (non-hydrogen) atoms. The van der Waals surface area contributed by atoms with E-state index in [4.69, 9.17) is 4.74 Å². The largest absolute Gasteiger partial charge is 0.466 e. The SMILES string of the molecule is CCCCCCCCC/C=C/C(O)C(CO)NC(=O)CCCCCCCCCCCCCCCOC(=O)CCCCCCCCCCCCCCCCCCCCC. The number of hydrogen-bond donors (Lipinski definition) is 3. The summed E-state index contributed by atoms with van der Waals surface area (Å²) < 4.78 is 5.48. The molecule has 0 bridgehead atoms. The van der Waals surface area contributed by atoms with Crippen molar-refractivity contribution < 1.29 is 24.5 Å². The highest BCUT2D eigenvalue weighted by Crippen LogP contribution is 2.17. The number of carbonyl (C=O) groups is 2. The van der Waals surface area contributed by atoms with Crippen LogP contribution in [0.25, 0.3) is 0 Å². The molecule has 0 heterocycles. The minimum absolute atomic E-state index is 0.00251. The summed E-state index contributed by atoms with van der Waals surface area (Å²) >= 11 is 0. The number of nitrogens with one attached hydrogen (secondary N) is 1. The monoisotopic (exact) mass is 820 g/mol. The van der Waals surface area contributed by atoms with Crippen LogP contribution in [0.1, 0.15) is 284 Å². The quantitative estimate of drug-likeness (QED) is 0.0323. The Morgan fingerprint density at radius 1 is 0.466 bits per heavy atom. The Hall–Kier alpha value is -1.40. The second-order valence-corrected chi connectivity index (χ2v) is 17.9. The average Bonchev–Trinajstić information content (AvgIpc) is 3.22. The molecule has 3 N–H and O–H groups in total. The number of esters is 1. The van der Waals surface area contributed by atoms with Crippen molar-refractivity contribution in [3.8, 4) is 0 Å². The number of aliphatic hydroxyl groups excluding tert-OH is 2. The maximum atomic E-state index is 12.4. The maximum absolute atomic E-state index is 12.4. The summed E-state index contributed by atoms with van der Waals surface area (Å²) in [5.74, 6) is -0.0851. The van der Waals surface area contributed by atoms with Crippen molar-refractivity contribution in [1.82, 2.24) is 5.32 Å². The van der Waals surface area contributed by atoms with Crippen LogP contribution in [0.3, 0.4) is 0 Å². The van der Waals surface area contributed by atoms with Gasteiger partial charge in [0.2, 0.25) is 5.91 Å². The number of aliphatic hydroxyl groups is 2. The van der Waals surface area contributed by atoms with Crippen molar-refractivity contribution in [1.29, 1.82) is 0 Å². The summed E-state index contributed by atoms with van der Waals surface area (Å²) in [7, 11) is 0. The van der Waals surface area contributed by atoms with Crippen LogP contribution in [0.2, 0.25) is 0 Å². The highest BCUT2D eigenvalue weighted by atomic mass is 16.5. The number of unbranched alkanes of at least 4 members (excludes halogenated alkanes) is 37. The number of amides is 1. The molecule has 0 saturated carbocycles. The second kappa shape index (κ2) is 48.3. The Labute approximate surface area is 361 Å². The Morgan fingerprint density at radius 2 is 0.793 bits per heavy atom. The molecule has 1 amide bonds. The Balaban J connectivity index is 3.40. The van der Waals surface area contributed by atoms with Crippen molar-refractivity contribution in [2.24, 2.45) is 0 Å². The molecule has 0 rings (SSSR count). The van der Waals surface area contributed by atoms with Crippen LogP contribution in [0.5, 0.6) is 0 Å². The fourth-order valence-corrected chi connectivity index (χ4v) is 8.05. The lowest BCUT2D eigenvalue weighted by Gasteiger charge is -2.20. The standard InChI is InChI=1S/C52H101NO5/c1-3-5-7-9-11-13-14-15-16-17-18-19-20-23-26-30-34-38-42-46-52(57)58-47-43-39-35-31-27-24-21-22-25-29-33-37-41-45-51(56)53-49(48-54)50(55)44-40-36-32-28-12-10-8-6-4-2/h40,44,49-50,54-55H,3-39,41-43,45-48H2,1-2H3,(H,53,56)/b44-40+. The zero-order chi connectivity index (χ0) is 42.3. The number of carbonyl (C=O) groups excluding carboxylic acids is 2. The normalized spacial score (nSPS) is 12.7. The van der Waals surface area contributed by atoms with Crippen LogP contribution in [0.4, 0.5) is 0 Å². The number of allylic oxidation sites excluding steroid dienone is 1. The van der Waals surface area contributed by atoms with Crippen LogP contribution in [0.15, 0.2) is 12.2 Å². The van der Waals surface area contributed by atoms with Gasteiger partial charge in [-0.15, -0.1) is 0 Å². The first-order chi connectivity index (χ1) is 28.5. The molecule has 0 aliphatic rings. The molecule has 0 aliphatic heterocycles. The van der Waals surface area contributed by atoms with Crippen molar-refractivity contribution >= 4 is 11.9 Å². The van der Waals surface area contributed by atoms with Gasteiger partial charge in [0.25, 0.3) is 0 Å². The molecule has 6 heteroatoms. The van der Waals surface area contributed by atoms with Gasteiger partial charge >= 0.3 is 5.97 Å². The van der Waals surface area contributed by atoms with Gasteiger partial charge in [-0.2, -0.15) is 0 Å². The molecule has 0 radical (unpaired) electrons. The first kappa shape index (κ1) is 56.6. The summed E-state index contributed by atoms with van der Waals surface area (Å²) in [6.07, 6.45) is 55.1. The molecule has 0 saturated heterocycles. The molecule has 0 fully saturated rings. The summed E-state index contributed by atoms with van der Waals surface area (Å²) in [4.78, 5) is 24.4. The summed E-state index contributed by atoms with van der Waals surface area (Å²) in [5.41, 5.74) is 0. The number of rotatable bonds is 48. The van der Waals surface area contributed by atoms with Gasteiger partial charge in [-0.1, -0.05) is 251 Å². The van der Waals surface area contributed by atoms with E-state index >= 15 is 0 Å². The first-order valence-corrected chi connectivity index (χ1v) is 26.0. The third-order valence-electron chi connectivity index (χ3n) is 12.1. The Morgan fingerprint density at radius 3 is 1.17 bits per heavy atom. The van der Waals surface area contributed by atoms with Crippen LogP contribution >= 0.6 is 0 Å². The van der Waals surface area contributed by atoms with E-state index in [2.05, 4.69) is 19.2 Å². The third-order valence-corrected chi connectivity index (χ3v) is 12.1. The topological polar surface area (TPSA) is 95.9 Å². The van der Waals surface area contributed by atoms with Gasteiger partial charge in [0, 0.05) is 12.8 Å². The summed E-state index contributed by atoms with van der Waals surface area (Å²) in [5, 5.41) is 22.9. The second-order valence-electron chi connectivity index (χ2n) is 17.9. The zero-order valence-electron chi connectivity index (χ0n) is 39.0. The van der Waals surface area contributed by atoms with Crippen LogP contribution in [-0.4, -0.2) is 47.4 Å².